The van der Waals surface area contributed by atoms with Gasteiger partial charge in [0, 0.05) is 11.8 Å². The molecule has 0 atom stereocenters. The first-order chi connectivity index (χ1) is 6.84. The molecule has 0 unspecified atom stereocenters. The molecule has 0 aliphatic carbocycles. The summed E-state index contributed by atoms with van der Waals surface area (Å²) in [4.78, 5) is 10.0. The van der Waals surface area contributed by atoms with Crippen LogP contribution in [-0.2, 0) is 19.6 Å². The van der Waals surface area contributed by atoms with Crippen LogP contribution < -0.4 is 0 Å². The zero-order chi connectivity index (χ0) is 11.6. The Morgan fingerprint density at radius 1 is 1.60 bits per heavy atom. The molecule has 0 saturated heterocycles. The van der Waals surface area contributed by atoms with E-state index in [0.717, 1.165) is 6.21 Å². The Hall–Kier alpha value is -1.21. The molecule has 0 radical (unpaired) electrons. The van der Waals surface area contributed by atoms with Gasteiger partial charge in [-0.3, -0.25) is 0 Å². The Kier molecular flexibility index (Phi) is 3.25. The zero-order valence-corrected chi connectivity index (χ0v) is 9.11. The number of hydrogen-bond donors (Lipinski definition) is 1. The van der Waals surface area contributed by atoms with E-state index in [0.29, 0.717) is 0 Å². The van der Waals surface area contributed by atoms with E-state index >= 15 is 0 Å². The lowest BCUT2D eigenvalue weighted by atomic mass is 10.3. The Balaban J connectivity index is 2.98. The Bertz CT molecular complexity index is 432. The Morgan fingerprint density at radius 3 is 2.67 bits per heavy atom. The zero-order valence-electron chi connectivity index (χ0n) is 8.30. The van der Waals surface area contributed by atoms with Crippen molar-refractivity contribution in [3.05, 3.63) is 10.5 Å². The van der Waals surface area contributed by atoms with Gasteiger partial charge in [-0.2, -0.15) is 12.8 Å². The fourth-order valence-electron chi connectivity index (χ4n) is 1.02. The normalized spacial score (nSPS) is 18.9. The van der Waals surface area contributed by atoms with Gasteiger partial charge >= 0.3 is 5.97 Å². The van der Waals surface area contributed by atoms with Crippen molar-refractivity contribution in [2.45, 2.75) is 20.0 Å². The van der Waals surface area contributed by atoms with E-state index in [1.54, 1.807) is 13.8 Å². The lowest BCUT2D eigenvalue weighted by Crippen LogP contribution is -2.13. The molecule has 1 N–H and O–H groups in total. The molecule has 0 aromatic heterocycles. The van der Waals surface area contributed by atoms with Gasteiger partial charge in [0.25, 0.3) is 10.0 Å². The van der Waals surface area contributed by atoms with Gasteiger partial charge in [0.05, 0.1) is 12.7 Å². The van der Waals surface area contributed by atoms with Crippen molar-refractivity contribution < 1.29 is 23.1 Å². The fourth-order valence-corrected chi connectivity index (χ4v) is 2.05. The van der Waals surface area contributed by atoms with E-state index in [2.05, 4.69) is 4.40 Å². The van der Waals surface area contributed by atoms with Crippen LogP contribution in [0.3, 0.4) is 0 Å². The van der Waals surface area contributed by atoms with E-state index in [1.165, 1.54) is 0 Å². The summed E-state index contributed by atoms with van der Waals surface area (Å²) in [5.41, 5.74) is 0.0798. The maximum Gasteiger partial charge on any atom is 0.349 e. The highest BCUT2D eigenvalue weighted by molar-refractivity contribution is 7.95. The first kappa shape index (κ1) is 11.9. The third kappa shape index (κ3) is 2.63. The lowest BCUT2D eigenvalue weighted by molar-refractivity contribution is -0.131. The summed E-state index contributed by atoms with van der Waals surface area (Å²) < 4.78 is 30.6. The second kappa shape index (κ2) is 4.11. The minimum atomic E-state index is -4.01. The molecule has 0 bridgehead atoms. The lowest BCUT2D eigenvalue weighted by Gasteiger charge is -2.06. The maximum absolute atomic E-state index is 11.2. The average Bonchev–Trinajstić information content (AvgIpc) is 2.37. The molecule has 0 saturated carbocycles. The van der Waals surface area contributed by atoms with E-state index in [-0.39, 0.29) is 18.3 Å². The monoisotopic (exact) mass is 233 g/mol. The van der Waals surface area contributed by atoms with Crippen LogP contribution in [0, 0.1) is 0 Å². The van der Waals surface area contributed by atoms with Crippen LogP contribution in [0.25, 0.3) is 0 Å². The number of sulfonamides is 1. The molecule has 0 spiro atoms. The maximum atomic E-state index is 11.2. The summed E-state index contributed by atoms with van der Waals surface area (Å²) in [5, 5.41) is 8.71. The number of rotatable bonds is 4. The van der Waals surface area contributed by atoms with Crippen LogP contribution in [0.15, 0.2) is 14.9 Å². The molecule has 0 aromatic rings. The predicted octanol–water partition coefficient (Wildman–Crippen LogP) is 0.164. The number of carbonyl (C=O) groups is 1. The minimum absolute atomic E-state index is 0.0674. The summed E-state index contributed by atoms with van der Waals surface area (Å²) in [5.74, 6) is -1.50. The number of carboxylic acids is 1. The summed E-state index contributed by atoms with van der Waals surface area (Å²) in [6.07, 6.45) is 0.908. The smallest absolute Gasteiger partial charge is 0.349 e. The van der Waals surface area contributed by atoms with Crippen molar-refractivity contribution in [3.63, 3.8) is 0 Å². The third-order valence-corrected chi connectivity index (χ3v) is 3.00. The molecular weight excluding hydrogens is 222 g/mol. The Labute approximate surface area is 87.3 Å². The molecule has 0 aromatic carbocycles. The summed E-state index contributed by atoms with van der Waals surface area (Å²) in [6.45, 7) is 3.46. The number of carboxylic acid groups (broad SMARTS) is 1. The molecule has 0 amide bonds. The molecule has 0 fully saturated rings. The van der Waals surface area contributed by atoms with Crippen molar-refractivity contribution in [1.29, 1.82) is 0 Å². The van der Waals surface area contributed by atoms with Gasteiger partial charge in [0.15, 0.2) is 4.91 Å². The largest absolute Gasteiger partial charge is 0.477 e. The molecule has 1 rings (SSSR count). The first-order valence-electron chi connectivity index (χ1n) is 4.23. The van der Waals surface area contributed by atoms with Crippen LogP contribution in [0.4, 0.5) is 0 Å². The topological polar surface area (TPSA) is 93.0 Å². The van der Waals surface area contributed by atoms with Crippen molar-refractivity contribution >= 4 is 22.2 Å². The van der Waals surface area contributed by atoms with Gasteiger partial charge in [-0.05, 0) is 13.8 Å². The first-order valence-corrected chi connectivity index (χ1v) is 5.67. The highest BCUT2D eigenvalue weighted by Crippen LogP contribution is 2.20. The van der Waals surface area contributed by atoms with Crippen molar-refractivity contribution in [1.82, 2.24) is 0 Å². The van der Waals surface area contributed by atoms with Crippen molar-refractivity contribution in [2.75, 3.05) is 6.61 Å². The van der Waals surface area contributed by atoms with Gasteiger partial charge in [-0.1, -0.05) is 0 Å². The molecule has 1 aliphatic heterocycles. The van der Waals surface area contributed by atoms with Gasteiger partial charge in [-0.25, -0.2) is 4.79 Å². The molecule has 84 valence electrons. The predicted molar refractivity (Wildman–Crippen MR) is 53.2 cm³/mol. The molecular formula is C8H11NO5S. The minimum Gasteiger partial charge on any atom is -0.477 e. The van der Waals surface area contributed by atoms with Crippen LogP contribution in [0.5, 0.6) is 0 Å². The summed E-state index contributed by atoms with van der Waals surface area (Å²) in [7, 11) is -4.01. The number of ether oxygens (including phenoxy) is 1. The SMILES string of the molecule is CC(C)OCC1=C(C(=O)O)S(=O)(=O)N=C1. The number of aliphatic carboxylic acids is 1. The third-order valence-electron chi connectivity index (χ3n) is 1.66. The van der Waals surface area contributed by atoms with Crippen LogP contribution >= 0.6 is 0 Å². The van der Waals surface area contributed by atoms with Crippen LogP contribution in [-0.4, -0.2) is 38.4 Å². The van der Waals surface area contributed by atoms with Gasteiger partial charge in [-0.15, -0.1) is 0 Å². The summed E-state index contributed by atoms with van der Waals surface area (Å²) >= 11 is 0. The molecule has 7 heteroatoms. The van der Waals surface area contributed by atoms with E-state index in [9.17, 15) is 13.2 Å². The molecule has 15 heavy (non-hydrogen) atoms. The number of nitrogens with zero attached hydrogens (tertiary/aromatic N) is 1. The van der Waals surface area contributed by atoms with Crippen molar-refractivity contribution in [2.24, 2.45) is 4.40 Å². The van der Waals surface area contributed by atoms with Gasteiger partial charge in [0.1, 0.15) is 0 Å². The molecule has 6 nitrogen and oxygen atoms in total. The molecule has 1 heterocycles. The molecule has 1 aliphatic rings. The average molecular weight is 233 g/mol. The highest BCUT2D eigenvalue weighted by Gasteiger charge is 2.32. The van der Waals surface area contributed by atoms with Crippen LogP contribution in [0.2, 0.25) is 0 Å². The van der Waals surface area contributed by atoms with Crippen LogP contribution in [0.1, 0.15) is 13.8 Å². The van der Waals surface area contributed by atoms with E-state index in [1.807, 2.05) is 0 Å². The summed E-state index contributed by atoms with van der Waals surface area (Å²) in [6, 6.07) is 0. The number of hydrogen-bond acceptors (Lipinski definition) is 4. The van der Waals surface area contributed by atoms with E-state index < -0.39 is 20.9 Å². The standard InChI is InChI=1S/C8H11NO5S/c1-5(2)14-4-6-3-9-15(12,13)7(6)8(10)11/h3,5H,4H2,1-2H3,(H,10,11). The van der Waals surface area contributed by atoms with E-state index in [4.69, 9.17) is 9.84 Å². The highest BCUT2D eigenvalue weighted by atomic mass is 32.2. The fraction of sp³-hybridized carbons (Fsp3) is 0.500. The van der Waals surface area contributed by atoms with Gasteiger partial charge < -0.3 is 9.84 Å². The second-order valence-electron chi connectivity index (χ2n) is 3.23. The van der Waals surface area contributed by atoms with Gasteiger partial charge in [0.2, 0.25) is 0 Å². The quantitative estimate of drug-likeness (QED) is 0.746. The second-order valence-corrected chi connectivity index (χ2v) is 4.80. The Morgan fingerprint density at radius 2 is 2.20 bits per heavy atom. The van der Waals surface area contributed by atoms with Crippen molar-refractivity contribution in [3.8, 4) is 0 Å².